The van der Waals surface area contributed by atoms with E-state index >= 15 is 0 Å². The van der Waals surface area contributed by atoms with Crippen LogP contribution in [0.2, 0.25) is 0 Å². The van der Waals surface area contributed by atoms with Crippen LogP contribution in [0.1, 0.15) is 29.2 Å². The number of benzene rings is 1. The second-order valence-corrected chi connectivity index (χ2v) is 6.23. The molecule has 1 atom stereocenters. The fourth-order valence-corrected chi connectivity index (χ4v) is 3.16. The molecule has 0 unspecified atom stereocenters. The van der Waals surface area contributed by atoms with Gasteiger partial charge in [-0.1, -0.05) is 30.3 Å². The van der Waals surface area contributed by atoms with Crippen molar-refractivity contribution in [2.45, 2.75) is 31.8 Å². The van der Waals surface area contributed by atoms with Crippen molar-refractivity contribution in [1.82, 2.24) is 19.7 Å². The zero-order valence-electron chi connectivity index (χ0n) is 13.8. The number of hydrogen-bond acceptors (Lipinski definition) is 5. The molecule has 4 rings (SSSR count). The lowest BCUT2D eigenvalue weighted by atomic mass is 10.1. The van der Waals surface area contributed by atoms with Gasteiger partial charge in [0.05, 0.1) is 5.56 Å². The summed E-state index contributed by atoms with van der Waals surface area (Å²) in [5.41, 5.74) is 1.81. The highest BCUT2D eigenvalue weighted by molar-refractivity contribution is 5.40. The minimum atomic E-state index is 0.276. The van der Waals surface area contributed by atoms with Crippen LogP contribution in [0.25, 0.3) is 0 Å². The fourth-order valence-electron chi connectivity index (χ4n) is 3.16. The summed E-state index contributed by atoms with van der Waals surface area (Å²) in [4.78, 5) is 4.30. The van der Waals surface area contributed by atoms with Crippen LogP contribution >= 0.6 is 0 Å². The molecule has 1 N–H and O–H groups in total. The number of anilines is 1. The van der Waals surface area contributed by atoms with E-state index in [1.807, 2.05) is 24.3 Å². The first-order valence-electron chi connectivity index (χ1n) is 8.39. The topological polar surface area (TPSA) is 79.4 Å². The van der Waals surface area contributed by atoms with Crippen LogP contribution in [0, 0.1) is 11.3 Å². The second-order valence-electron chi connectivity index (χ2n) is 6.23. The Labute approximate surface area is 146 Å². The number of rotatable bonds is 4. The predicted molar refractivity (Wildman–Crippen MR) is 94.0 cm³/mol. The molecule has 25 heavy (non-hydrogen) atoms. The molecular weight excluding hydrogens is 312 g/mol. The van der Waals surface area contributed by atoms with Crippen molar-refractivity contribution < 1.29 is 0 Å². The molecule has 3 aromatic rings. The molecule has 6 heteroatoms. The predicted octanol–water partition coefficient (Wildman–Crippen LogP) is 2.56. The molecule has 6 nitrogen and oxygen atoms in total. The standard InChI is InChI=1S/C19H18N6/c20-11-15-6-8-17(21-12-15)22-16-7-9-18-23-24-19(25(18)13-16)10-14-4-2-1-3-5-14/h1-6,8,12,16H,7,9-10,13H2,(H,21,22)/t16-/m1/s1. The third-order valence-electron chi connectivity index (χ3n) is 4.47. The van der Waals surface area contributed by atoms with E-state index in [-0.39, 0.29) is 6.04 Å². The summed E-state index contributed by atoms with van der Waals surface area (Å²) in [6.45, 7) is 0.826. The zero-order chi connectivity index (χ0) is 17.1. The highest BCUT2D eigenvalue weighted by Gasteiger charge is 2.23. The molecule has 0 spiro atoms. The van der Waals surface area contributed by atoms with Crippen LogP contribution in [-0.4, -0.2) is 25.8 Å². The van der Waals surface area contributed by atoms with E-state index in [0.29, 0.717) is 5.56 Å². The van der Waals surface area contributed by atoms with Gasteiger partial charge in [-0.25, -0.2) is 4.98 Å². The lowest BCUT2D eigenvalue weighted by Crippen LogP contribution is -2.32. The van der Waals surface area contributed by atoms with Crippen LogP contribution in [0.5, 0.6) is 0 Å². The summed E-state index contributed by atoms with van der Waals surface area (Å²) >= 11 is 0. The average Bonchev–Trinajstić information content (AvgIpc) is 3.05. The van der Waals surface area contributed by atoms with Crippen molar-refractivity contribution in [1.29, 1.82) is 5.26 Å². The first-order valence-corrected chi connectivity index (χ1v) is 8.39. The van der Waals surface area contributed by atoms with Gasteiger partial charge >= 0.3 is 0 Å². The van der Waals surface area contributed by atoms with Gasteiger partial charge in [0.2, 0.25) is 0 Å². The van der Waals surface area contributed by atoms with Crippen molar-refractivity contribution in [3.8, 4) is 6.07 Å². The molecule has 1 aliphatic rings. The normalized spacial score (nSPS) is 16.0. The van der Waals surface area contributed by atoms with E-state index in [1.165, 1.54) is 5.56 Å². The van der Waals surface area contributed by atoms with Crippen molar-refractivity contribution in [2.75, 3.05) is 5.32 Å². The first kappa shape index (κ1) is 15.3. The number of aromatic nitrogens is 4. The van der Waals surface area contributed by atoms with Gasteiger partial charge in [-0.3, -0.25) is 0 Å². The number of fused-ring (bicyclic) bond motifs is 1. The third kappa shape index (κ3) is 3.36. The number of pyridine rings is 1. The van der Waals surface area contributed by atoms with Gasteiger partial charge < -0.3 is 9.88 Å². The van der Waals surface area contributed by atoms with Crippen LogP contribution in [0.3, 0.4) is 0 Å². The molecule has 3 heterocycles. The van der Waals surface area contributed by atoms with Gasteiger partial charge in [-0.15, -0.1) is 10.2 Å². The molecule has 0 saturated heterocycles. The van der Waals surface area contributed by atoms with Gasteiger partial charge in [0.25, 0.3) is 0 Å². The molecule has 124 valence electrons. The molecule has 1 aromatic carbocycles. The SMILES string of the molecule is N#Cc1ccc(N[C@@H]2CCc3nnc(Cc4ccccc4)n3C2)nc1. The monoisotopic (exact) mass is 330 g/mol. The lowest BCUT2D eigenvalue weighted by molar-refractivity contribution is 0.466. The Morgan fingerprint density at radius 1 is 1.16 bits per heavy atom. The van der Waals surface area contributed by atoms with E-state index in [4.69, 9.17) is 5.26 Å². The minimum absolute atomic E-state index is 0.276. The first-order chi connectivity index (χ1) is 12.3. The Hall–Kier alpha value is -3.20. The molecule has 0 aliphatic carbocycles. The molecule has 0 radical (unpaired) electrons. The third-order valence-corrected chi connectivity index (χ3v) is 4.47. The van der Waals surface area contributed by atoms with Gasteiger partial charge in [0, 0.05) is 31.6 Å². The molecule has 0 fully saturated rings. The molecule has 0 bridgehead atoms. The summed E-state index contributed by atoms with van der Waals surface area (Å²) in [5.74, 6) is 2.85. The van der Waals surface area contributed by atoms with Crippen molar-refractivity contribution in [2.24, 2.45) is 0 Å². The summed E-state index contributed by atoms with van der Waals surface area (Å²) < 4.78 is 2.22. The Morgan fingerprint density at radius 3 is 2.80 bits per heavy atom. The average molecular weight is 330 g/mol. The van der Waals surface area contributed by atoms with Crippen LogP contribution in [-0.2, 0) is 19.4 Å². The summed E-state index contributed by atoms with van der Waals surface area (Å²) in [5, 5.41) is 21.1. The highest BCUT2D eigenvalue weighted by Crippen LogP contribution is 2.20. The van der Waals surface area contributed by atoms with E-state index in [1.54, 1.807) is 12.3 Å². The van der Waals surface area contributed by atoms with Crippen molar-refractivity contribution >= 4 is 5.82 Å². The summed E-state index contributed by atoms with van der Waals surface area (Å²) in [7, 11) is 0. The van der Waals surface area contributed by atoms with Gasteiger partial charge in [0.1, 0.15) is 23.5 Å². The van der Waals surface area contributed by atoms with Crippen LogP contribution in [0.15, 0.2) is 48.7 Å². The largest absolute Gasteiger partial charge is 0.366 e. The van der Waals surface area contributed by atoms with E-state index in [0.717, 1.165) is 43.3 Å². The zero-order valence-corrected chi connectivity index (χ0v) is 13.8. The molecule has 0 amide bonds. The van der Waals surface area contributed by atoms with Crippen LogP contribution < -0.4 is 5.32 Å². The molecule has 1 aliphatic heterocycles. The van der Waals surface area contributed by atoms with Crippen molar-refractivity contribution in [3.05, 3.63) is 71.4 Å². The van der Waals surface area contributed by atoms with E-state index in [2.05, 4.69) is 43.3 Å². The van der Waals surface area contributed by atoms with E-state index in [9.17, 15) is 0 Å². The second kappa shape index (κ2) is 6.73. The maximum Gasteiger partial charge on any atom is 0.137 e. The smallest absolute Gasteiger partial charge is 0.137 e. The number of aryl methyl sites for hydroxylation is 1. The van der Waals surface area contributed by atoms with Gasteiger partial charge in [0.15, 0.2) is 0 Å². The number of hydrogen-bond donors (Lipinski definition) is 1. The number of nitrogens with zero attached hydrogens (tertiary/aromatic N) is 5. The quantitative estimate of drug-likeness (QED) is 0.795. The Bertz CT molecular complexity index is 892. The highest BCUT2D eigenvalue weighted by atomic mass is 15.3. The van der Waals surface area contributed by atoms with Gasteiger partial charge in [-0.2, -0.15) is 5.26 Å². The maximum absolute atomic E-state index is 8.86. The minimum Gasteiger partial charge on any atom is -0.366 e. The van der Waals surface area contributed by atoms with Crippen molar-refractivity contribution in [3.63, 3.8) is 0 Å². The maximum atomic E-state index is 8.86. The van der Waals surface area contributed by atoms with E-state index < -0.39 is 0 Å². The Balaban J connectivity index is 1.48. The summed E-state index contributed by atoms with van der Waals surface area (Å²) in [6.07, 6.45) is 4.27. The van der Waals surface area contributed by atoms with Gasteiger partial charge in [-0.05, 0) is 24.1 Å². The molecule has 2 aromatic heterocycles. The lowest BCUT2D eigenvalue weighted by Gasteiger charge is -2.25. The summed E-state index contributed by atoms with van der Waals surface area (Å²) in [6, 6.07) is 16.3. The Kier molecular flexibility index (Phi) is 4.13. The number of nitrogens with one attached hydrogen (secondary N) is 1. The van der Waals surface area contributed by atoms with Crippen LogP contribution in [0.4, 0.5) is 5.82 Å². The molecular formula is C19H18N6. The Morgan fingerprint density at radius 2 is 2.04 bits per heavy atom. The number of nitriles is 1. The molecule has 0 saturated carbocycles. The fraction of sp³-hybridized carbons (Fsp3) is 0.263.